The molecule has 1 fully saturated rings. The summed E-state index contributed by atoms with van der Waals surface area (Å²) < 4.78 is 0. The minimum absolute atomic E-state index is 0.812. The number of nitrogens with zero attached hydrogens (tertiary/aromatic N) is 1. The fourth-order valence-electron chi connectivity index (χ4n) is 1.94. The summed E-state index contributed by atoms with van der Waals surface area (Å²) in [6.07, 6.45) is 6.90. The largest absolute Gasteiger partial charge is 0.301 e. The van der Waals surface area contributed by atoms with Crippen LogP contribution in [0.25, 0.3) is 0 Å². The molecule has 0 bridgehead atoms. The Hall–Kier alpha value is 0.310. The van der Waals surface area contributed by atoms with Crippen molar-refractivity contribution in [2.75, 3.05) is 18.8 Å². The maximum Gasteiger partial charge on any atom is 0.00669 e. The molecule has 1 unspecified atom stereocenters. The molecule has 0 aromatic carbocycles. The molecular formula is C10H21NS. The smallest absolute Gasteiger partial charge is 0.00669 e. The lowest BCUT2D eigenvalue weighted by Gasteiger charge is -2.26. The van der Waals surface area contributed by atoms with Gasteiger partial charge in [0.1, 0.15) is 0 Å². The number of rotatable bonds is 3. The predicted molar refractivity (Wildman–Crippen MR) is 58.0 cm³/mol. The Balaban J connectivity index is 2.26. The van der Waals surface area contributed by atoms with E-state index in [1.165, 1.54) is 45.2 Å². The molecule has 1 saturated heterocycles. The van der Waals surface area contributed by atoms with E-state index in [9.17, 15) is 0 Å². The van der Waals surface area contributed by atoms with Crippen molar-refractivity contribution < 1.29 is 0 Å². The Morgan fingerprint density at radius 2 is 2.17 bits per heavy atom. The van der Waals surface area contributed by atoms with E-state index < -0.39 is 0 Å². The molecule has 0 saturated carbocycles. The molecular weight excluding hydrogens is 166 g/mol. The molecule has 1 rings (SSSR count). The Morgan fingerprint density at radius 1 is 1.33 bits per heavy atom. The molecule has 1 atom stereocenters. The van der Waals surface area contributed by atoms with Gasteiger partial charge in [-0.05, 0) is 45.0 Å². The summed E-state index contributed by atoms with van der Waals surface area (Å²) >= 11 is 4.25. The topological polar surface area (TPSA) is 3.24 Å². The summed E-state index contributed by atoms with van der Waals surface area (Å²) in [6.45, 7) is 4.93. The Morgan fingerprint density at radius 3 is 2.92 bits per heavy atom. The molecule has 1 aliphatic heterocycles. The third-order valence-electron chi connectivity index (χ3n) is 2.79. The molecule has 12 heavy (non-hydrogen) atoms. The molecule has 0 aromatic heterocycles. The van der Waals surface area contributed by atoms with Crippen LogP contribution in [0.5, 0.6) is 0 Å². The second-order valence-electron chi connectivity index (χ2n) is 3.81. The van der Waals surface area contributed by atoms with Crippen molar-refractivity contribution in [2.45, 2.75) is 45.1 Å². The van der Waals surface area contributed by atoms with Crippen LogP contribution >= 0.6 is 12.6 Å². The fraction of sp³-hybridized carbons (Fsp3) is 1.00. The molecule has 72 valence electrons. The average Bonchev–Trinajstić information content (AvgIpc) is 2.27. The highest BCUT2D eigenvalue weighted by Crippen LogP contribution is 2.16. The summed E-state index contributed by atoms with van der Waals surface area (Å²) in [5.41, 5.74) is 0. The Labute approximate surface area is 81.9 Å². The molecule has 0 aliphatic carbocycles. The van der Waals surface area contributed by atoms with Crippen molar-refractivity contribution >= 4 is 12.6 Å². The van der Waals surface area contributed by atoms with E-state index in [1.807, 2.05) is 0 Å². The Bertz CT molecular complexity index is 116. The summed E-state index contributed by atoms with van der Waals surface area (Å²) in [7, 11) is 0. The molecule has 0 amide bonds. The van der Waals surface area contributed by atoms with Crippen LogP contribution in [0.3, 0.4) is 0 Å². The molecule has 1 nitrogen and oxygen atoms in total. The van der Waals surface area contributed by atoms with E-state index in [0.29, 0.717) is 0 Å². The first-order chi connectivity index (χ1) is 5.84. The van der Waals surface area contributed by atoms with Gasteiger partial charge in [0.05, 0.1) is 0 Å². The van der Waals surface area contributed by atoms with Gasteiger partial charge in [-0.3, -0.25) is 0 Å². The molecule has 0 spiro atoms. The van der Waals surface area contributed by atoms with Crippen molar-refractivity contribution in [2.24, 2.45) is 0 Å². The number of hydrogen-bond acceptors (Lipinski definition) is 2. The van der Waals surface area contributed by atoms with Gasteiger partial charge in [0.15, 0.2) is 0 Å². The van der Waals surface area contributed by atoms with Gasteiger partial charge < -0.3 is 4.90 Å². The van der Waals surface area contributed by atoms with Gasteiger partial charge >= 0.3 is 0 Å². The monoisotopic (exact) mass is 187 g/mol. The van der Waals surface area contributed by atoms with Crippen LogP contribution in [0.1, 0.15) is 39.0 Å². The van der Waals surface area contributed by atoms with Gasteiger partial charge in [-0.15, -0.1) is 0 Å². The van der Waals surface area contributed by atoms with Gasteiger partial charge in [0, 0.05) is 6.04 Å². The number of thiol groups is 1. The zero-order valence-corrected chi connectivity index (χ0v) is 9.02. The van der Waals surface area contributed by atoms with Crippen LogP contribution in [0.2, 0.25) is 0 Å². The summed E-state index contributed by atoms with van der Waals surface area (Å²) in [6, 6.07) is 0.812. The summed E-state index contributed by atoms with van der Waals surface area (Å²) in [5.74, 6) is 1.03. The number of hydrogen-bond donors (Lipinski definition) is 1. The van der Waals surface area contributed by atoms with Gasteiger partial charge in [-0.1, -0.05) is 12.8 Å². The van der Waals surface area contributed by atoms with Crippen molar-refractivity contribution in [1.82, 2.24) is 4.90 Å². The molecule has 0 radical (unpaired) electrons. The van der Waals surface area contributed by atoms with E-state index in [2.05, 4.69) is 24.5 Å². The van der Waals surface area contributed by atoms with Gasteiger partial charge in [0.25, 0.3) is 0 Å². The molecule has 2 heteroatoms. The lowest BCUT2D eigenvalue weighted by atomic mass is 10.1. The van der Waals surface area contributed by atoms with Crippen LogP contribution in [-0.4, -0.2) is 29.8 Å². The highest BCUT2D eigenvalue weighted by molar-refractivity contribution is 7.80. The third kappa shape index (κ3) is 3.36. The van der Waals surface area contributed by atoms with Crippen LogP contribution in [0.4, 0.5) is 0 Å². The lowest BCUT2D eigenvalue weighted by molar-refractivity contribution is 0.215. The highest BCUT2D eigenvalue weighted by atomic mass is 32.1. The first-order valence-corrected chi connectivity index (χ1v) is 5.82. The number of likely N-dealkylation sites (tertiary alicyclic amines) is 1. The van der Waals surface area contributed by atoms with E-state index in [4.69, 9.17) is 0 Å². The zero-order valence-electron chi connectivity index (χ0n) is 8.13. The summed E-state index contributed by atoms with van der Waals surface area (Å²) in [4.78, 5) is 2.63. The third-order valence-corrected chi connectivity index (χ3v) is 3.11. The van der Waals surface area contributed by atoms with E-state index in [0.717, 1.165) is 11.8 Å². The van der Waals surface area contributed by atoms with Gasteiger partial charge in [0.2, 0.25) is 0 Å². The van der Waals surface area contributed by atoms with Crippen molar-refractivity contribution in [3.05, 3.63) is 0 Å². The van der Waals surface area contributed by atoms with Crippen LogP contribution in [0, 0.1) is 0 Å². The van der Waals surface area contributed by atoms with Crippen molar-refractivity contribution in [3.8, 4) is 0 Å². The first kappa shape index (κ1) is 10.4. The zero-order chi connectivity index (χ0) is 8.81. The minimum atomic E-state index is 0.812. The standard InChI is InChI=1S/C10H21NS/c1-10-6-3-2-4-7-11(10)8-5-9-12/h10,12H,2-9H2,1H3. The van der Waals surface area contributed by atoms with Crippen molar-refractivity contribution in [3.63, 3.8) is 0 Å². The quantitative estimate of drug-likeness (QED) is 0.665. The highest BCUT2D eigenvalue weighted by Gasteiger charge is 2.15. The van der Waals surface area contributed by atoms with Crippen LogP contribution < -0.4 is 0 Å². The van der Waals surface area contributed by atoms with E-state index in [-0.39, 0.29) is 0 Å². The summed E-state index contributed by atoms with van der Waals surface area (Å²) in [5, 5.41) is 0. The minimum Gasteiger partial charge on any atom is -0.301 e. The van der Waals surface area contributed by atoms with Gasteiger partial charge in [-0.25, -0.2) is 0 Å². The maximum atomic E-state index is 4.25. The second kappa shape index (κ2) is 5.87. The Kier molecular flexibility index (Phi) is 5.08. The molecule has 0 N–H and O–H groups in total. The van der Waals surface area contributed by atoms with E-state index >= 15 is 0 Å². The van der Waals surface area contributed by atoms with Crippen molar-refractivity contribution in [1.29, 1.82) is 0 Å². The first-order valence-electron chi connectivity index (χ1n) is 5.19. The lowest BCUT2D eigenvalue weighted by Crippen LogP contribution is -2.33. The second-order valence-corrected chi connectivity index (χ2v) is 4.26. The fourth-order valence-corrected chi connectivity index (χ4v) is 2.08. The maximum absolute atomic E-state index is 4.25. The van der Waals surface area contributed by atoms with Crippen LogP contribution in [0.15, 0.2) is 0 Å². The SMILES string of the molecule is CC1CCCCCN1CCCS. The van der Waals surface area contributed by atoms with E-state index in [1.54, 1.807) is 0 Å². The average molecular weight is 187 g/mol. The molecule has 0 aromatic rings. The van der Waals surface area contributed by atoms with Gasteiger partial charge in [-0.2, -0.15) is 12.6 Å². The normalized spacial score (nSPS) is 27.0. The molecule has 1 heterocycles. The van der Waals surface area contributed by atoms with Crippen LogP contribution in [-0.2, 0) is 0 Å². The predicted octanol–water partition coefficient (Wildman–Crippen LogP) is 2.57. The molecule has 1 aliphatic rings.